The molecule has 0 saturated heterocycles. The van der Waals surface area contributed by atoms with Crippen LogP contribution in [0.1, 0.15) is 77.1 Å². The highest BCUT2D eigenvalue weighted by Gasteiger charge is 2.25. The highest BCUT2D eigenvalue weighted by atomic mass is 32.1. The molecule has 0 unspecified atom stereocenters. The number of hydrogen-bond acceptors (Lipinski definition) is 5. The van der Waals surface area contributed by atoms with E-state index in [9.17, 15) is 9.18 Å². The number of benzene rings is 1. The second-order valence-corrected chi connectivity index (χ2v) is 10.1. The van der Waals surface area contributed by atoms with Gasteiger partial charge in [0.05, 0.1) is 34.2 Å². The lowest BCUT2D eigenvalue weighted by Crippen LogP contribution is -2.19. The number of esters is 1. The third-order valence-corrected chi connectivity index (χ3v) is 6.12. The minimum atomic E-state index is -0.312. The van der Waals surface area contributed by atoms with Crippen molar-refractivity contribution in [2.24, 2.45) is 4.99 Å². The SMILES string of the molecule is C=C/C=C(\NC(C)=NCCCCC(=O)OC)c1sc(C(C)(C)C)nc1-c1ccccc1F.CCC. The fraction of sp³-hybridized carbons (Fsp3) is 0.464. The van der Waals surface area contributed by atoms with Crippen LogP contribution in [0.5, 0.6) is 0 Å². The van der Waals surface area contributed by atoms with Gasteiger partial charge in [-0.3, -0.25) is 9.79 Å². The van der Waals surface area contributed by atoms with Crippen molar-refractivity contribution in [1.29, 1.82) is 0 Å². The van der Waals surface area contributed by atoms with E-state index in [1.54, 1.807) is 18.2 Å². The number of aliphatic imine (C=N–C) groups is 1. The number of nitrogens with zero attached hydrogens (tertiary/aromatic N) is 2. The zero-order valence-corrected chi connectivity index (χ0v) is 23.0. The van der Waals surface area contributed by atoms with Gasteiger partial charge in [0.15, 0.2) is 0 Å². The molecule has 1 aromatic heterocycles. The summed E-state index contributed by atoms with van der Waals surface area (Å²) in [6.45, 7) is 16.8. The molecule has 0 aliphatic rings. The Morgan fingerprint density at radius 3 is 2.49 bits per heavy atom. The molecule has 0 saturated carbocycles. The van der Waals surface area contributed by atoms with Crippen molar-refractivity contribution in [1.82, 2.24) is 10.3 Å². The van der Waals surface area contributed by atoms with Gasteiger partial charge in [0.1, 0.15) is 5.82 Å². The number of carbonyl (C=O) groups excluding carboxylic acids is 1. The fourth-order valence-electron chi connectivity index (χ4n) is 2.92. The number of thiazole rings is 1. The second-order valence-electron chi connectivity index (χ2n) is 9.08. The van der Waals surface area contributed by atoms with Crippen molar-refractivity contribution >= 4 is 28.8 Å². The Bertz CT molecular complexity index is 1020. The van der Waals surface area contributed by atoms with Crippen LogP contribution >= 0.6 is 11.3 Å². The van der Waals surface area contributed by atoms with Gasteiger partial charge in [0, 0.05) is 23.9 Å². The Kier molecular flexibility index (Phi) is 13.2. The van der Waals surface area contributed by atoms with Gasteiger partial charge in [-0.2, -0.15) is 0 Å². The first-order valence-corrected chi connectivity index (χ1v) is 12.8. The topological polar surface area (TPSA) is 63.6 Å². The Morgan fingerprint density at radius 2 is 1.91 bits per heavy atom. The number of amidine groups is 1. The van der Waals surface area contributed by atoms with Crippen LogP contribution in [0.25, 0.3) is 17.0 Å². The van der Waals surface area contributed by atoms with Gasteiger partial charge < -0.3 is 10.1 Å². The van der Waals surface area contributed by atoms with E-state index in [2.05, 4.69) is 56.2 Å². The Balaban J connectivity index is 0.00000194. The number of aromatic nitrogens is 1. The maximum absolute atomic E-state index is 14.6. The van der Waals surface area contributed by atoms with Gasteiger partial charge in [-0.25, -0.2) is 9.37 Å². The van der Waals surface area contributed by atoms with E-state index in [0.29, 0.717) is 24.2 Å². The van der Waals surface area contributed by atoms with Crippen LogP contribution in [0.3, 0.4) is 0 Å². The number of halogens is 1. The molecule has 0 aliphatic carbocycles. The second kappa shape index (κ2) is 15.2. The summed E-state index contributed by atoms with van der Waals surface area (Å²) in [6, 6.07) is 6.67. The van der Waals surface area contributed by atoms with Gasteiger partial charge in [-0.15, -0.1) is 11.3 Å². The number of carbonyl (C=O) groups is 1. The molecule has 0 atom stereocenters. The van der Waals surface area contributed by atoms with Crippen LogP contribution < -0.4 is 5.32 Å². The summed E-state index contributed by atoms with van der Waals surface area (Å²) in [7, 11) is 1.39. The van der Waals surface area contributed by atoms with Crippen molar-refractivity contribution in [3.8, 4) is 11.3 Å². The third kappa shape index (κ3) is 10.1. The van der Waals surface area contributed by atoms with E-state index < -0.39 is 0 Å². The van der Waals surface area contributed by atoms with Crippen molar-refractivity contribution in [2.75, 3.05) is 13.7 Å². The number of hydrogen-bond donors (Lipinski definition) is 1. The Labute approximate surface area is 214 Å². The molecule has 0 fully saturated rings. The molecular formula is C28H40FN3O2S. The summed E-state index contributed by atoms with van der Waals surface area (Å²) >= 11 is 1.53. The van der Waals surface area contributed by atoms with Crippen LogP contribution in [0.15, 0.2) is 48.0 Å². The number of ether oxygens (including phenoxy) is 1. The lowest BCUT2D eigenvalue weighted by Gasteiger charge is -2.13. The first-order valence-electron chi connectivity index (χ1n) is 12.0. The van der Waals surface area contributed by atoms with Crippen LogP contribution in [0, 0.1) is 5.82 Å². The number of allylic oxidation sites excluding steroid dienone is 2. The van der Waals surface area contributed by atoms with Crippen molar-refractivity contribution in [3.63, 3.8) is 0 Å². The van der Waals surface area contributed by atoms with Crippen LogP contribution in [-0.4, -0.2) is 30.4 Å². The minimum absolute atomic E-state index is 0.176. The van der Waals surface area contributed by atoms with E-state index in [-0.39, 0.29) is 17.2 Å². The minimum Gasteiger partial charge on any atom is -0.469 e. The van der Waals surface area contributed by atoms with E-state index in [1.807, 2.05) is 19.1 Å². The molecule has 1 aromatic carbocycles. The monoisotopic (exact) mass is 501 g/mol. The Hall–Kier alpha value is -2.80. The molecule has 192 valence electrons. The standard InChI is InChI=1S/C25H32FN3O2S.C3H8/c1-7-12-20(28-17(2)27-16-11-10-15-21(30)31-6)23-22(18-13-8-9-14-19(18)26)29-24(32-23)25(3,4)5;1-3-2/h7-9,12-14H,1,10-11,15-16H2,2-6H3,(H,27,28);3H2,1-2H3/b20-12-;. The largest absolute Gasteiger partial charge is 0.469 e. The van der Waals surface area contributed by atoms with Crippen molar-refractivity contribution in [3.05, 3.63) is 58.7 Å². The van der Waals surface area contributed by atoms with Gasteiger partial charge in [-0.1, -0.05) is 65.8 Å². The molecule has 35 heavy (non-hydrogen) atoms. The summed E-state index contributed by atoms with van der Waals surface area (Å²) in [5.41, 5.74) is 1.65. The predicted molar refractivity (Wildman–Crippen MR) is 147 cm³/mol. The van der Waals surface area contributed by atoms with Gasteiger partial charge >= 0.3 is 5.97 Å². The summed E-state index contributed by atoms with van der Waals surface area (Å²) in [6.07, 6.45) is 6.68. The van der Waals surface area contributed by atoms with E-state index in [0.717, 1.165) is 34.3 Å². The molecule has 2 rings (SSSR count). The van der Waals surface area contributed by atoms with Crippen LogP contribution in [0.4, 0.5) is 4.39 Å². The fourth-order valence-corrected chi connectivity index (χ4v) is 4.03. The van der Waals surface area contributed by atoms with Gasteiger partial charge in [0.25, 0.3) is 0 Å². The molecule has 1 N–H and O–H groups in total. The third-order valence-electron chi connectivity index (χ3n) is 4.61. The molecule has 0 aliphatic heterocycles. The van der Waals surface area contributed by atoms with Crippen molar-refractivity contribution in [2.45, 2.75) is 72.6 Å². The van der Waals surface area contributed by atoms with E-state index >= 15 is 0 Å². The summed E-state index contributed by atoms with van der Waals surface area (Å²) < 4.78 is 19.3. The van der Waals surface area contributed by atoms with E-state index in [1.165, 1.54) is 30.9 Å². The lowest BCUT2D eigenvalue weighted by molar-refractivity contribution is -0.140. The van der Waals surface area contributed by atoms with Crippen molar-refractivity contribution < 1.29 is 13.9 Å². The normalized spacial score (nSPS) is 12.0. The van der Waals surface area contributed by atoms with Crippen LogP contribution in [-0.2, 0) is 14.9 Å². The van der Waals surface area contributed by atoms with Gasteiger partial charge in [-0.05, 0) is 38.0 Å². The number of methoxy groups -OCH3 is 1. The Morgan fingerprint density at radius 1 is 1.26 bits per heavy atom. The zero-order valence-electron chi connectivity index (χ0n) is 22.2. The molecule has 0 amide bonds. The lowest BCUT2D eigenvalue weighted by atomic mass is 9.98. The molecule has 2 aromatic rings. The maximum atomic E-state index is 14.6. The summed E-state index contributed by atoms with van der Waals surface area (Å²) in [5.74, 6) is 0.204. The predicted octanol–water partition coefficient (Wildman–Crippen LogP) is 7.54. The number of rotatable bonds is 9. The van der Waals surface area contributed by atoms with Gasteiger partial charge in [0.2, 0.25) is 0 Å². The first-order chi connectivity index (χ1) is 16.6. The summed E-state index contributed by atoms with van der Waals surface area (Å²) in [5, 5.41) is 4.25. The molecule has 0 bridgehead atoms. The molecule has 7 heteroatoms. The van der Waals surface area contributed by atoms with E-state index in [4.69, 9.17) is 4.98 Å². The smallest absolute Gasteiger partial charge is 0.305 e. The first kappa shape index (κ1) is 30.2. The molecule has 0 radical (unpaired) electrons. The average Bonchev–Trinajstić information content (AvgIpc) is 3.25. The quantitative estimate of drug-likeness (QED) is 0.127. The highest BCUT2D eigenvalue weighted by molar-refractivity contribution is 7.13. The number of unbranched alkanes of at least 4 members (excludes halogenated alkanes) is 1. The molecular weight excluding hydrogens is 461 g/mol. The average molecular weight is 502 g/mol. The number of nitrogens with one attached hydrogen (secondary N) is 1. The molecule has 1 heterocycles. The zero-order chi connectivity index (χ0) is 26.4. The highest BCUT2D eigenvalue weighted by Crippen LogP contribution is 2.38. The molecule has 0 spiro atoms. The molecule has 5 nitrogen and oxygen atoms in total. The maximum Gasteiger partial charge on any atom is 0.305 e. The summed E-state index contributed by atoms with van der Waals surface area (Å²) in [4.78, 5) is 21.4. The van der Waals surface area contributed by atoms with Crippen LogP contribution in [0.2, 0.25) is 0 Å².